The largest absolute Gasteiger partial charge is 0.337 e. The molecule has 4 nitrogen and oxygen atoms in total. The van der Waals surface area contributed by atoms with Gasteiger partial charge in [-0.25, -0.2) is 4.98 Å². The van der Waals surface area contributed by atoms with E-state index >= 15 is 0 Å². The average Bonchev–Trinajstić information content (AvgIpc) is 2.59. The molecule has 0 bridgehead atoms. The van der Waals surface area contributed by atoms with Crippen LogP contribution in [0.1, 0.15) is 19.2 Å². The molecule has 0 aliphatic heterocycles. The van der Waals surface area contributed by atoms with Gasteiger partial charge >= 0.3 is 0 Å². The van der Waals surface area contributed by atoms with Crippen LogP contribution < -0.4 is 5.32 Å². The molecule has 4 heteroatoms. The van der Waals surface area contributed by atoms with Gasteiger partial charge in [-0.05, 0) is 20.0 Å². The van der Waals surface area contributed by atoms with Crippen LogP contribution in [0.2, 0.25) is 0 Å². The molecule has 0 amide bonds. The van der Waals surface area contributed by atoms with Gasteiger partial charge in [0.15, 0.2) is 0 Å². The quantitative estimate of drug-likeness (QED) is 0.677. The van der Waals surface area contributed by atoms with Crippen molar-refractivity contribution in [3.05, 3.63) is 18.2 Å². The topological polar surface area (TPSA) is 33.1 Å². The first-order valence-corrected chi connectivity index (χ1v) is 5.59. The lowest BCUT2D eigenvalue weighted by Gasteiger charge is -2.16. The van der Waals surface area contributed by atoms with E-state index in [4.69, 9.17) is 0 Å². The summed E-state index contributed by atoms with van der Waals surface area (Å²) in [7, 11) is 4.16. The van der Waals surface area contributed by atoms with Crippen molar-refractivity contribution in [2.75, 3.05) is 26.7 Å². The molecule has 0 aromatic carbocycles. The molecule has 0 saturated heterocycles. The molecule has 1 heterocycles. The van der Waals surface area contributed by atoms with E-state index in [0.29, 0.717) is 0 Å². The Labute approximate surface area is 92.3 Å². The first-order valence-electron chi connectivity index (χ1n) is 5.59. The van der Waals surface area contributed by atoms with Gasteiger partial charge in [-0.15, -0.1) is 0 Å². The predicted octanol–water partition coefficient (Wildman–Crippen LogP) is 0.851. The van der Waals surface area contributed by atoms with Gasteiger partial charge in [-0.2, -0.15) is 0 Å². The van der Waals surface area contributed by atoms with Crippen molar-refractivity contribution in [2.45, 2.75) is 19.9 Å². The fourth-order valence-corrected chi connectivity index (χ4v) is 1.44. The summed E-state index contributed by atoms with van der Waals surface area (Å²) in [5.74, 6) is 1.12. The Kier molecular flexibility index (Phi) is 5.36. The number of aryl methyl sites for hydroxylation is 1. The van der Waals surface area contributed by atoms with Gasteiger partial charge in [0.05, 0.1) is 6.54 Å². The van der Waals surface area contributed by atoms with Gasteiger partial charge in [0, 0.05) is 32.5 Å². The highest BCUT2D eigenvalue weighted by atomic mass is 15.2. The van der Waals surface area contributed by atoms with E-state index < -0.39 is 0 Å². The van der Waals surface area contributed by atoms with Crippen LogP contribution in [0.5, 0.6) is 0 Å². The second kappa shape index (κ2) is 6.58. The number of nitrogens with zero attached hydrogens (tertiary/aromatic N) is 3. The van der Waals surface area contributed by atoms with E-state index in [1.807, 2.05) is 19.4 Å². The normalized spacial score (nSPS) is 11.2. The van der Waals surface area contributed by atoms with Gasteiger partial charge in [0.25, 0.3) is 0 Å². The molecule has 0 atom stereocenters. The molecule has 0 saturated carbocycles. The Morgan fingerprint density at radius 1 is 1.47 bits per heavy atom. The molecular formula is C11H22N4. The van der Waals surface area contributed by atoms with Crippen LogP contribution in [-0.4, -0.2) is 41.1 Å². The number of nitrogens with one attached hydrogen (secondary N) is 1. The second-order valence-electron chi connectivity index (χ2n) is 3.94. The Morgan fingerprint density at radius 3 is 2.87 bits per heavy atom. The number of likely N-dealkylation sites (N-methyl/N-ethyl adjacent to an activating group) is 1. The molecule has 0 radical (unpaired) electrons. The summed E-state index contributed by atoms with van der Waals surface area (Å²) in [6.45, 7) is 6.32. The van der Waals surface area contributed by atoms with Crippen molar-refractivity contribution in [1.29, 1.82) is 0 Å². The minimum Gasteiger partial charge on any atom is -0.337 e. The molecule has 86 valence electrons. The first-order chi connectivity index (χ1) is 7.24. The molecule has 0 spiro atoms. The minimum absolute atomic E-state index is 0.914. The standard InChI is InChI=1S/C11H22N4/c1-4-5-12-6-8-14(2)10-11-13-7-9-15(11)3/h7,9,12H,4-6,8,10H2,1-3H3. The molecule has 1 aromatic heterocycles. The number of hydrogen-bond acceptors (Lipinski definition) is 3. The zero-order valence-electron chi connectivity index (χ0n) is 10.0. The maximum Gasteiger partial charge on any atom is 0.122 e. The zero-order chi connectivity index (χ0) is 11.1. The third-order valence-corrected chi connectivity index (χ3v) is 2.43. The Balaban J connectivity index is 2.18. The maximum atomic E-state index is 4.30. The molecule has 0 fully saturated rings. The zero-order valence-corrected chi connectivity index (χ0v) is 10.0. The van der Waals surface area contributed by atoms with Gasteiger partial charge < -0.3 is 9.88 Å². The molecule has 1 rings (SSSR count). The van der Waals surface area contributed by atoms with Crippen LogP contribution in [0.4, 0.5) is 0 Å². The van der Waals surface area contributed by atoms with Crippen molar-refractivity contribution in [1.82, 2.24) is 19.8 Å². The third-order valence-electron chi connectivity index (χ3n) is 2.43. The van der Waals surface area contributed by atoms with E-state index in [1.165, 1.54) is 6.42 Å². The van der Waals surface area contributed by atoms with Gasteiger partial charge in [-0.3, -0.25) is 4.90 Å². The molecular weight excluding hydrogens is 188 g/mol. The van der Waals surface area contributed by atoms with Crippen LogP contribution >= 0.6 is 0 Å². The Bertz CT molecular complexity index is 269. The van der Waals surface area contributed by atoms with Crippen molar-refractivity contribution in [2.24, 2.45) is 7.05 Å². The second-order valence-corrected chi connectivity index (χ2v) is 3.94. The molecule has 0 unspecified atom stereocenters. The predicted molar refractivity (Wildman–Crippen MR) is 62.7 cm³/mol. The van der Waals surface area contributed by atoms with Crippen LogP contribution in [0.25, 0.3) is 0 Å². The number of aromatic nitrogens is 2. The molecule has 0 aliphatic carbocycles. The monoisotopic (exact) mass is 210 g/mol. The highest BCUT2D eigenvalue weighted by Gasteiger charge is 2.03. The highest BCUT2D eigenvalue weighted by Crippen LogP contribution is 1.98. The minimum atomic E-state index is 0.914. The summed E-state index contributed by atoms with van der Waals surface area (Å²) in [6.07, 6.45) is 5.03. The van der Waals surface area contributed by atoms with E-state index in [-0.39, 0.29) is 0 Å². The molecule has 15 heavy (non-hydrogen) atoms. The average molecular weight is 210 g/mol. The van der Waals surface area contributed by atoms with E-state index in [2.05, 4.69) is 33.7 Å². The molecule has 0 aliphatic rings. The van der Waals surface area contributed by atoms with Crippen molar-refractivity contribution in [3.8, 4) is 0 Å². The smallest absolute Gasteiger partial charge is 0.122 e. The van der Waals surface area contributed by atoms with Crippen LogP contribution in [0.15, 0.2) is 12.4 Å². The highest BCUT2D eigenvalue weighted by molar-refractivity contribution is 4.90. The lowest BCUT2D eigenvalue weighted by Crippen LogP contribution is -2.30. The van der Waals surface area contributed by atoms with Gasteiger partial charge in [0.1, 0.15) is 5.82 Å². The fourth-order valence-electron chi connectivity index (χ4n) is 1.44. The van der Waals surface area contributed by atoms with Crippen molar-refractivity contribution in [3.63, 3.8) is 0 Å². The summed E-state index contributed by atoms with van der Waals surface area (Å²) in [5.41, 5.74) is 0. The summed E-state index contributed by atoms with van der Waals surface area (Å²) in [4.78, 5) is 6.58. The Morgan fingerprint density at radius 2 is 2.27 bits per heavy atom. The van der Waals surface area contributed by atoms with Crippen LogP contribution in [-0.2, 0) is 13.6 Å². The van der Waals surface area contributed by atoms with Crippen molar-refractivity contribution < 1.29 is 0 Å². The van der Waals surface area contributed by atoms with Gasteiger partial charge in [0.2, 0.25) is 0 Å². The Hall–Kier alpha value is -0.870. The maximum absolute atomic E-state index is 4.30. The number of hydrogen-bond donors (Lipinski definition) is 1. The molecule has 1 aromatic rings. The summed E-state index contributed by atoms with van der Waals surface area (Å²) in [6, 6.07) is 0. The van der Waals surface area contributed by atoms with E-state index in [9.17, 15) is 0 Å². The number of rotatable bonds is 7. The lowest BCUT2D eigenvalue weighted by molar-refractivity contribution is 0.313. The SMILES string of the molecule is CCCNCCN(C)Cc1nccn1C. The fraction of sp³-hybridized carbons (Fsp3) is 0.727. The van der Waals surface area contributed by atoms with Gasteiger partial charge in [-0.1, -0.05) is 6.92 Å². The van der Waals surface area contributed by atoms with Crippen LogP contribution in [0.3, 0.4) is 0 Å². The third kappa shape index (κ3) is 4.44. The summed E-state index contributed by atoms with van der Waals surface area (Å²) < 4.78 is 2.07. The van der Waals surface area contributed by atoms with E-state index in [1.54, 1.807) is 0 Å². The van der Waals surface area contributed by atoms with Crippen molar-refractivity contribution >= 4 is 0 Å². The molecule has 1 N–H and O–H groups in total. The lowest BCUT2D eigenvalue weighted by atomic mass is 10.4. The summed E-state index contributed by atoms with van der Waals surface area (Å²) in [5, 5.41) is 3.39. The number of imidazole rings is 1. The summed E-state index contributed by atoms with van der Waals surface area (Å²) >= 11 is 0. The first kappa shape index (κ1) is 12.2. The van der Waals surface area contributed by atoms with Crippen LogP contribution in [0, 0.1) is 0 Å². The van der Waals surface area contributed by atoms with E-state index in [0.717, 1.165) is 32.0 Å².